The number of piperidine rings is 2. The van der Waals surface area contributed by atoms with Gasteiger partial charge in [-0.1, -0.05) is 0 Å². The summed E-state index contributed by atoms with van der Waals surface area (Å²) in [6, 6.07) is 4.30. The van der Waals surface area contributed by atoms with Gasteiger partial charge in [0, 0.05) is 12.0 Å². The van der Waals surface area contributed by atoms with E-state index in [0.29, 0.717) is 12.0 Å². The molecule has 102 valence electrons. The van der Waals surface area contributed by atoms with Crippen LogP contribution in [0, 0.1) is 5.92 Å². The molecular weight excluding hydrogens is 238 g/mol. The second kappa shape index (κ2) is 4.14. The minimum atomic E-state index is 0.0423. The molecule has 2 heterocycles. The largest absolute Gasteiger partial charge is 0.504 e. The topological polar surface area (TPSA) is 43.7 Å². The van der Waals surface area contributed by atoms with Crippen molar-refractivity contribution < 1.29 is 10.2 Å². The van der Waals surface area contributed by atoms with Crippen molar-refractivity contribution in [3.8, 4) is 11.5 Å². The lowest BCUT2D eigenvalue weighted by molar-refractivity contribution is 0.0348. The van der Waals surface area contributed by atoms with E-state index in [-0.39, 0.29) is 11.5 Å². The Morgan fingerprint density at radius 1 is 1.00 bits per heavy atom. The van der Waals surface area contributed by atoms with E-state index < -0.39 is 0 Å². The number of hydrogen-bond acceptors (Lipinski definition) is 3. The van der Waals surface area contributed by atoms with Crippen LogP contribution in [0.4, 0.5) is 0 Å². The Balaban J connectivity index is 1.81. The van der Waals surface area contributed by atoms with Crippen LogP contribution < -0.4 is 0 Å². The first kappa shape index (κ1) is 11.6. The van der Waals surface area contributed by atoms with E-state index >= 15 is 0 Å². The zero-order chi connectivity index (χ0) is 13.0. The van der Waals surface area contributed by atoms with Gasteiger partial charge < -0.3 is 10.2 Å². The molecule has 2 N–H and O–H groups in total. The Morgan fingerprint density at radius 2 is 1.74 bits per heavy atom. The van der Waals surface area contributed by atoms with Gasteiger partial charge in [-0.3, -0.25) is 4.90 Å². The number of phenolic OH excluding ortho intramolecular Hbond substituents is 2. The molecule has 0 saturated carbocycles. The van der Waals surface area contributed by atoms with Crippen molar-refractivity contribution in [1.82, 2.24) is 4.90 Å². The monoisotopic (exact) mass is 259 g/mol. The maximum atomic E-state index is 9.80. The third-order valence-electron chi connectivity index (χ3n) is 5.42. The van der Waals surface area contributed by atoms with Gasteiger partial charge in [-0.25, -0.2) is 0 Å². The van der Waals surface area contributed by atoms with Gasteiger partial charge >= 0.3 is 0 Å². The van der Waals surface area contributed by atoms with Crippen molar-refractivity contribution >= 4 is 0 Å². The SMILES string of the molecule is Oc1cc2c(cc1O)C1CCCN3CCCC(C2)C13. The van der Waals surface area contributed by atoms with E-state index in [4.69, 9.17) is 0 Å². The molecule has 4 rings (SSSR count). The average molecular weight is 259 g/mol. The van der Waals surface area contributed by atoms with E-state index in [1.54, 1.807) is 6.07 Å². The highest BCUT2D eigenvalue weighted by Gasteiger charge is 2.43. The summed E-state index contributed by atoms with van der Waals surface area (Å²) in [6.07, 6.45) is 6.19. The average Bonchev–Trinajstić information content (AvgIpc) is 2.42. The van der Waals surface area contributed by atoms with Crippen LogP contribution in [0.5, 0.6) is 11.5 Å². The van der Waals surface area contributed by atoms with Gasteiger partial charge in [0.2, 0.25) is 0 Å². The fourth-order valence-corrected chi connectivity index (χ4v) is 4.71. The number of rotatable bonds is 0. The minimum absolute atomic E-state index is 0.0423. The van der Waals surface area contributed by atoms with Crippen molar-refractivity contribution in [3.05, 3.63) is 23.3 Å². The van der Waals surface area contributed by atoms with E-state index in [0.717, 1.165) is 12.3 Å². The highest BCUT2D eigenvalue weighted by Crippen LogP contribution is 2.48. The van der Waals surface area contributed by atoms with Gasteiger partial charge in [-0.15, -0.1) is 0 Å². The van der Waals surface area contributed by atoms with E-state index in [1.807, 2.05) is 6.07 Å². The van der Waals surface area contributed by atoms with Gasteiger partial charge in [0.05, 0.1) is 0 Å². The Bertz CT molecular complexity index is 512. The summed E-state index contributed by atoms with van der Waals surface area (Å²) < 4.78 is 0. The summed E-state index contributed by atoms with van der Waals surface area (Å²) in [6.45, 7) is 2.49. The molecule has 0 radical (unpaired) electrons. The van der Waals surface area contributed by atoms with Crippen LogP contribution >= 0.6 is 0 Å². The second-order valence-corrected chi connectivity index (χ2v) is 6.42. The molecule has 0 bridgehead atoms. The summed E-state index contributed by atoms with van der Waals surface area (Å²) in [5.74, 6) is 1.40. The molecule has 3 nitrogen and oxygen atoms in total. The normalized spacial score (nSPS) is 33.6. The van der Waals surface area contributed by atoms with Crippen molar-refractivity contribution in [2.24, 2.45) is 5.92 Å². The number of phenols is 2. The molecule has 1 aromatic rings. The van der Waals surface area contributed by atoms with Crippen LogP contribution in [0.2, 0.25) is 0 Å². The molecule has 0 amide bonds. The Hall–Kier alpha value is -1.22. The van der Waals surface area contributed by atoms with Crippen LogP contribution in [-0.4, -0.2) is 34.2 Å². The zero-order valence-corrected chi connectivity index (χ0v) is 11.2. The Morgan fingerprint density at radius 3 is 2.58 bits per heavy atom. The van der Waals surface area contributed by atoms with E-state index in [2.05, 4.69) is 4.90 Å². The van der Waals surface area contributed by atoms with Gasteiger partial charge in [0.15, 0.2) is 11.5 Å². The smallest absolute Gasteiger partial charge is 0.157 e. The lowest BCUT2D eigenvalue weighted by Gasteiger charge is -2.52. The Kier molecular flexibility index (Phi) is 2.52. The first-order chi connectivity index (χ1) is 9.24. The fourth-order valence-electron chi connectivity index (χ4n) is 4.71. The summed E-state index contributed by atoms with van der Waals surface area (Å²) in [5, 5.41) is 19.5. The fraction of sp³-hybridized carbons (Fsp3) is 0.625. The number of hydrogen-bond donors (Lipinski definition) is 2. The van der Waals surface area contributed by atoms with Crippen LogP contribution in [0.3, 0.4) is 0 Å². The molecule has 0 aromatic heterocycles. The van der Waals surface area contributed by atoms with Crippen molar-refractivity contribution in [2.45, 2.75) is 44.1 Å². The van der Waals surface area contributed by atoms with Crippen molar-refractivity contribution in [2.75, 3.05) is 13.1 Å². The molecule has 2 saturated heterocycles. The predicted molar refractivity (Wildman–Crippen MR) is 73.5 cm³/mol. The maximum Gasteiger partial charge on any atom is 0.157 e. The summed E-state index contributed by atoms with van der Waals surface area (Å²) in [7, 11) is 0. The quantitative estimate of drug-likeness (QED) is 0.704. The van der Waals surface area contributed by atoms with Gasteiger partial charge in [0.25, 0.3) is 0 Å². The molecule has 1 aliphatic carbocycles. The third kappa shape index (κ3) is 1.68. The summed E-state index contributed by atoms with van der Waals surface area (Å²) in [4.78, 5) is 2.68. The lowest BCUT2D eigenvalue weighted by Crippen LogP contribution is -2.54. The second-order valence-electron chi connectivity index (χ2n) is 6.42. The van der Waals surface area contributed by atoms with Crippen LogP contribution in [0.1, 0.15) is 42.7 Å². The minimum Gasteiger partial charge on any atom is -0.504 e. The lowest BCUT2D eigenvalue weighted by atomic mass is 9.66. The van der Waals surface area contributed by atoms with Crippen molar-refractivity contribution in [3.63, 3.8) is 0 Å². The standard InChI is InChI=1S/C16H21NO2/c18-14-8-11-7-10-3-1-5-17-6-2-4-12(16(10)17)13(11)9-15(14)19/h8-10,12,16,18-19H,1-7H2. The number of fused-ring (bicyclic) bond motifs is 2. The first-order valence-corrected chi connectivity index (χ1v) is 7.53. The number of benzene rings is 1. The molecule has 3 unspecified atom stereocenters. The molecule has 3 atom stereocenters. The van der Waals surface area contributed by atoms with Crippen LogP contribution in [-0.2, 0) is 6.42 Å². The summed E-state index contributed by atoms with van der Waals surface area (Å²) >= 11 is 0. The maximum absolute atomic E-state index is 9.80. The predicted octanol–water partition coefficient (Wildman–Crippen LogP) is 2.61. The number of aromatic hydroxyl groups is 2. The van der Waals surface area contributed by atoms with E-state index in [9.17, 15) is 10.2 Å². The van der Waals surface area contributed by atoms with Gasteiger partial charge in [0.1, 0.15) is 0 Å². The molecule has 3 aliphatic rings. The van der Waals surface area contributed by atoms with E-state index in [1.165, 1.54) is 49.9 Å². The molecular formula is C16H21NO2. The van der Waals surface area contributed by atoms with Gasteiger partial charge in [-0.05, 0) is 74.4 Å². The third-order valence-corrected chi connectivity index (χ3v) is 5.42. The number of nitrogens with zero attached hydrogens (tertiary/aromatic N) is 1. The highest BCUT2D eigenvalue weighted by atomic mass is 16.3. The van der Waals surface area contributed by atoms with Crippen LogP contribution in [0.25, 0.3) is 0 Å². The van der Waals surface area contributed by atoms with Gasteiger partial charge in [-0.2, -0.15) is 0 Å². The molecule has 3 heteroatoms. The molecule has 2 fully saturated rings. The summed E-state index contributed by atoms with van der Waals surface area (Å²) in [5.41, 5.74) is 2.56. The molecule has 1 aromatic carbocycles. The highest BCUT2D eigenvalue weighted by molar-refractivity contribution is 5.49. The zero-order valence-electron chi connectivity index (χ0n) is 11.2. The molecule has 0 spiro atoms. The molecule has 2 aliphatic heterocycles. The van der Waals surface area contributed by atoms with Crippen LogP contribution in [0.15, 0.2) is 12.1 Å². The Labute approximate surface area is 113 Å². The first-order valence-electron chi connectivity index (χ1n) is 7.53. The molecule has 19 heavy (non-hydrogen) atoms. The van der Waals surface area contributed by atoms with Crippen molar-refractivity contribution in [1.29, 1.82) is 0 Å².